The minimum atomic E-state index is -0.490. The van der Waals surface area contributed by atoms with Crippen molar-refractivity contribution in [3.63, 3.8) is 0 Å². The lowest BCUT2D eigenvalue weighted by Crippen LogP contribution is -2.28. The zero-order valence-electron chi connectivity index (χ0n) is 12.4. The van der Waals surface area contributed by atoms with Gasteiger partial charge in [-0.2, -0.15) is 0 Å². The highest BCUT2D eigenvalue weighted by molar-refractivity contribution is 5.78. The smallest absolute Gasteiger partial charge is 0.303 e. The van der Waals surface area contributed by atoms with Gasteiger partial charge in [-0.1, -0.05) is 17.3 Å². The van der Waals surface area contributed by atoms with E-state index in [9.17, 15) is 4.79 Å². The molecule has 0 aliphatic heterocycles. The summed E-state index contributed by atoms with van der Waals surface area (Å²) in [5.41, 5.74) is 1.90. The standard InChI is InChI=1S/C15H21NO4/c1-11(2)16-19-10-15(20-13(4)17)9-18-14-7-5-6-12(3)8-14/h5-8,15H,9-10H2,1-4H3/t15-/m1/s1. The van der Waals surface area contributed by atoms with E-state index >= 15 is 0 Å². The van der Waals surface area contributed by atoms with E-state index in [1.54, 1.807) is 0 Å². The molecule has 1 atom stereocenters. The zero-order valence-corrected chi connectivity index (χ0v) is 12.4. The molecule has 0 unspecified atom stereocenters. The number of ether oxygens (including phenoxy) is 2. The summed E-state index contributed by atoms with van der Waals surface area (Å²) >= 11 is 0. The van der Waals surface area contributed by atoms with E-state index in [-0.39, 0.29) is 19.2 Å². The largest absolute Gasteiger partial charge is 0.490 e. The monoisotopic (exact) mass is 279 g/mol. The molecule has 0 radical (unpaired) electrons. The summed E-state index contributed by atoms with van der Waals surface area (Å²) in [6.45, 7) is 7.37. The molecule has 1 aromatic rings. The number of nitrogens with zero attached hydrogens (tertiary/aromatic N) is 1. The molecule has 0 spiro atoms. The van der Waals surface area contributed by atoms with E-state index in [1.807, 2.05) is 45.0 Å². The minimum absolute atomic E-state index is 0.163. The highest BCUT2D eigenvalue weighted by Crippen LogP contribution is 2.13. The van der Waals surface area contributed by atoms with Crippen molar-refractivity contribution in [3.05, 3.63) is 29.8 Å². The molecule has 0 heterocycles. The number of aryl methyl sites for hydroxylation is 1. The summed E-state index contributed by atoms with van der Waals surface area (Å²) in [6.07, 6.45) is -0.490. The Labute approximate surface area is 119 Å². The van der Waals surface area contributed by atoms with Crippen molar-refractivity contribution in [3.8, 4) is 5.75 Å². The molecule has 0 saturated carbocycles. The van der Waals surface area contributed by atoms with Crippen molar-refractivity contribution < 1.29 is 19.1 Å². The van der Waals surface area contributed by atoms with Crippen LogP contribution in [0.5, 0.6) is 5.75 Å². The molecule has 1 aromatic carbocycles. The van der Waals surface area contributed by atoms with E-state index in [2.05, 4.69) is 5.16 Å². The predicted molar refractivity (Wildman–Crippen MR) is 77.0 cm³/mol. The van der Waals surface area contributed by atoms with Crippen molar-refractivity contribution in [2.45, 2.75) is 33.8 Å². The number of rotatable bonds is 7. The van der Waals surface area contributed by atoms with Gasteiger partial charge in [0.1, 0.15) is 12.4 Å². The van der Waals surface area contributed by atoms with Crippen molar-refractivity contribution in [1.29, 1.82) is 0 Å². The molecule has 0 N–H and O–H groups in total. The first-order valence-corrected chi connectivity index (χ1v) is 6.47. The Balaban J connectivity index is 2.51. The SMILES string of the molecule is CC(=O)O[C@@H](CON=C(C)C)COc1cccc(C)c1. The van der Waals surface area contributed by atoms with Crippen molar-refractivity contribution in [1.82, 2.24) is 0 Å². The van der Waals surface area contributed by atoms with Crippen LogP contribution in [0, 0.1) is 6.92 Å². The predicted octanol–water partition coefficient (Wildman–Crippen LogP) is 2.72. The summed E-state index contributed by atoms with van der Waals surface area (Å²) in [5, 5.41) is 3.81. The van der Waals surface area contributed by atoms with Gasteiger partial charge in [-0.05, 0) is 38.5 Å². The highest BCUT2D eigenvalue weighted by Gasteiger charge is 2.14. The quantitative estimate of drug-likeness (QED) is 0.437. The van der Waals surface area contributed by atoms with Gasteiger partial charge in [0.2, 0.25) is 0 Å². The average Bonchev–Trinajstić information content (AvgIpc) is 2.35. The fourth-order valence-electron chi connectivity index (χ4n) is 1.49. The molecule has 0 aliphatic rings. The van der Waals surface area contributed by atoms with Gasteiger partial charge in [0.15, 0.2) is 12.7 Å². The first-order chi connectivity index (χ1) is 9.47. The lowest BCUT2D eigenvalue weighted by atomic mass is 10.2. The van der Waals surface area contributed by atoms with E-state index < -0.39 is 6.10 Å². The number of hydrogen-bond donors (Lipinski definition) is 0. The molecular formula is C15H21NO4. The van der Waals surface area contributed by atoms with Crippen LogP contribution < -0.4 is 4.74 Å². The first-order valence-electron chi connectivity index (χ1n) is 6.47. The van der Waals surface area contributed by atoms with Crippen LogP contribution in [0.25, 0.3) is 0 Å². The Kier molecular flexibility index (Phi) is 6.56. The van der Waals surface area contributed by atoms with Gasteiger partial charge >= 0.3 is 5.97 Å². The molecule has 20 heavy (non-hydrogen) atoms. The number of benzene rings is 1. The van der Waals surface area contributed by atoms with E-state index in [4.69, 9.17) is 14.3 Å². The van der Waals surface area contributed by atoms with Crippen LogP contribution in [0.3, 0.4) is 0 Å². The summed E-state index contributed by atoms with van der Waals surface area (Å²) < 4.78 is 10.7. The fourth-order valence-corrected chi connectivity index (χ4v) is 1.49. The van der Waals surface area contributed by atoms with Crippen LogP contribution in [0.2, 0.25) is 0 Å². The van der Waals surface area contributed by atoms with Crippen molar-refractivity contribution >= 4 is 11.7 Å². The molecule has 5 heteroatoms. The van der Waals surface area contributed by atoms with Crippen LogP contribution in [0.1, 0.15) is 26.3 Å². The molecule has 0 amide bonds. The second-order valence-corrected chi connectivity index (χ2v) is 4.69. The van der Waals surface area contributed by atoms with E-state index in [0.717, 1.165) is 17.0 Å². The number of carbonyl (C=O) groups is 1. The first kappa shape index (κ1) is 16.0. The maximum absolute atomic E-state index is 11.0. The third kappa shape index (κ3) is 6.78. The Morgan fingerprint density at radius 2 is 2.00 bits per heavy atom. The van der Waals surface area contributed by atoms with Crippen molar-refractivity contribution in [2.75, 3.05) is 13.2 Å². The summed E-state index contributed by atoms with van der Waals surface area (Å²) in [6, 6.07) is 7.66. The molecule has 0 saturated heterocycles. The van der Waals surface area contributed by atoms with Crippen LogP contribution in [0.15, 0.2) is 29.4 Å². The lowest BCUT2D eigenvalue weighted by molar-refractivity contribution is -0.151. The topological polar surface area (TPSA) is 57.1 Å². The maximum atomic E-state index is 11.0. The summed E-state index contributed by atoms with van der Waals surface area (Å²) in [7, 11) is 0. The third-order valence-corrected chi connectivity index (χ3v) is 2.27. The second-order valence-electron chi connectivity index (χ2n) is 4.69. The normalized spacial score (nSPS) is 11.4. The minimum Gasteiger partial charge on any atom is -0.490 e. The van der Waals surface area contributed by atoms with Crippen LogP contribution in [0.4, 0.5) is 0 Å². The van der Waals surface area contributed by atoms with Gasteiger partial charge in [-0.3, -0.25) is 4.79 Å². The van der Waals surface area contributed by atoms with Gasteiger partial charge in [0.05, 0.1) is 5.71 Å². The molecule has 0 aliphatic carbocycles. The van der Waals surface area contributed by atoms with Crippen molar-refractivity contribution in [2.24, 2.45) is 5.16 Å². The molecular weight excluding hydrogens is 258 g/mol. The lowest BCUT2D eigenvalue weighted by Gasteiger charge is -2.16. The van der Waals surface area contributed by atoms with Crippen LogP contribution in [-0.2, 0) is 14.4 Å². The summed E-state index contributed by atoms with van der Waals surface area (Å²) in [5.74, 6) is 0.362. The Bertz CT molecular complexity index is 467. The highest BCUT2D eigenvalue weighted by atomic mass is 16.7. The van der Waals surface area contributed by atoms with Crippen LogP contribution in [-0.4, -0.2) is 31.0 Å². The third-order valence-electron chi connectivity index (χ3n) is 2.27. The van der Waals surface area contributed by atoms with E-state index in [0.29, 0.717) is 0 Å². The summed E-state index contributed by atoms with van der Waals surface area (Å²) in [4.78, 5) is 16.1. The zero-order chi connectivity index (χ0) is 15.0. The maximum Gasteiger partial charge on any atom is 0.303 e. The van der Waals surface area contributed by atoms with E-state index in [1.165, 1.54) is 6.92 Å². The molecule has 5 nitrogen and oxygen atoms in total. The molecule has 1 rings (SSSR count). The number of carbonyl (C=O) groups excluding carboxylic acids is 1. The molecule has 0 aromatic heterocycles. The van der Waals surface area contributed by atoms with Gasteiger partial charge in [0.25, 0.3) is 0 Å². The van der Waals surface area contributed by atoms with Crippen LogP contribution >= 0.6 is 0 Å². The Morgan fingerprint density at radius 1 is 1.25 bits per heavy atom. The number of esters is 1. The number of oxime groups is 1. The van der Waals surface area contributed by atoms with Gasteiger partial charge < -0.3 is 14.3 Å². The van der Waals surface area contributed by atoms with Gasteiger partial charge in [-0.15, -0.1) is 0 Å². The molecule has 0 bridgehead atoms. The van der Waals surface area contributed by atoms with Gasteiger partial charge in [0, 0.05) is 6.92 Å². The average molecular weight is 279 g/mol. The Morgan fingerprint density at radius 3 is 2.60 bits per heavy atom. The number of hydrogen-bond acceptors (Lipinski definition) is 5. The molecule has 110 valence electrons. The second kappa shape index (κ2) is 8.19. The fraction of sp³-hybridized carbons (Fsp3) is 0.467. The van der Waals surface area contributed by atoms with Gasteiger partial charge in [-0.25, -0.2) is 0 Å². The Hall–Kier alpha value is -2.04. The molecule has 0 fully saturated rings.